The molecular formula is C18H25ClN2O. The van der Waals surface area contributed by atoms with Gasteiger partial charge in [0.2, 0.25) is 5.91 Å². The molecule has 1 amide bonds. The van der Waals surface area contributed by atoms with E-state index in [1.54, 1.807) is 0 Å². The second-order valence-electron chi connectivity index (χ2n) is 6.98. The Balaban J connectivity index is 1.62. The number of fused-ring (bicyclic) bond motifs is 2. The average Bonchev–Trinajstić information content (AvgIpc) is 2.46. The van der Waals surface area contributed by atoms with Crippen molar-refractivity contribution in [2.24, 2.45) is 23.5 Å². The summed E-state index contributed by atoms with van der Waals surface area (Å²) < 4.78 is 0. The Morgan fingerprint density at radius 3 is 2.64 bits per heavy atom. The molecule has 4 heteroatoms. The third kappa shape index (κ3) is 3.31. The van der Waals surface area contributed by atoms with E-state index in [9.17, 15) is 4.79 Å². The fourth-order valence-corrected chi connectivity index (χ4v) is 4.39. The van der Waals surface area contributed by atoms with Gasteiger partial charge in [-0.1, -0.05) is 30.2 Å². The van der Waals surface area contributed by atoms with Crippen LogP contribution in [0.3, 0.4) is 0 Å². The fraction of sp³-hybridized carbons (Fsp3) is 0.611. The van der Waals surface area contributed by atoms with Gasteiger partial charge in [0.1, 0.15) is 0 Å². The van der Waals surface area contributed by atoms with Gasteiger partial charge in [0.25, 0.3) is 0 Å². The molecule has 0 spiro atoms. The molecule has 3 nitrogen and oxygen atoms in total. The standard InChI is InChI=1S/C18H25ClN2O/c1-11(12-4-3-7-16(19)10-12)21-18(22)15-8-13-5-2-6-14(9-15)17(13)20/h3-4,7,10-11,13-15,17H,2,5-6,8-9,20H2,1H3,(H,21,22). The van der Waals surface area contributed by atoms with Gasteiger partial charge in [0.05, 0.1) is 6.04 Å². The Kier molecular flexibility index (Phi) is 4.74. The third-order valence-electron chi connectivity index (χ3n) is 5.49. The minimum absolute atomic E-state index is 0.0124. The monoisotopic (exact) mass is 320 g/mol. The number of hydrogen-bond acceptors (Lipinski definition) is 2. The summed E-state index contributed by atoms with van der Waals surface area (Å²) in [6.45, 7) is 2.01. The zero-order chi connectivity index (χ0) is 15.7. The zero-order valence-corrected chi connectivity index (χ0v) is 13.9. The zero-order valence-electron chi connectivity index (χ0n) is 13.1. The van der Waals surface area contributed by atoms with Crippen LogP contribution in [0.1, 0.15) is 50.6 Å². The largest absolute Gasteiger partial charge is 0.349 e. The van der Waals surface area contributed by atoms with Crippen molar-refractivity contribution in [2.45, 2.75) is 51.1 Å². The Morgan fingerprint density at radius 2 is 2.00 bits per heavy atom. The number of nitrogens with two attached hydrogens (primary N) is 1. The summed E-state index contributed by atoms with van der Waals surface area (Å²) in [5.74, 6) is 1.36. The Labute approximate surface area is 137 Å². The molecule has 0 saturated heterocycles. The molecular weight excluding hydrogens is 296 g/mol. The number of halogens is 1. The first-order valence-electron chi connectivity index (χ1n) is 8.36. The summed E-state index contributed by atoms with van der Waals surface area (Å²) in [4.78, 5) is 12.6. The summed E-state index contributed by atoms with van der Waals surface area (Å²) in [5.41, 5.74) is 7.36. The summed E-state index contributed by atoms with van der Waals surface area (Å²) in [6, 6.07) is 7.98. The van der Waals surface area contributed by atoms with Crippen LogP contribution in [0, 0.1) is 17.8 Å². The summed E-state index contributed by atoms with van der Waals surface area (Å²) >= 11 is 6.03. The number of carbonyl (C=O) groups excluding carboxylic acids is 1. The third-order valence-corrected chi connectivity index (χ3v) is 5.73. The molecule has 0 radical (unpaired) electrons. The molecule has 2 aliphatic carbocycles. The first kappa shape index (κ1) is 15.8. The van der Waals surface area contributed by atoms with Crippen LogP contribution in [0.25, 0.3) is 0 Å². The van der Waals surface area contributed by atoms with Crippen LogP contribution >= 0.6 is 11.6 Å². The molecule has 22 heavy (non-hydrogen) atoms. The van der Waals surface area contributed by atoms with E-state index in [4.69, 9.17) is 17.3 Å². The van der Waals surface area contributed by atoms with Crippen molar-refractivity contribution in [3.05, 3.63) is 34.9 Å². The number of rotatable bonds is 3. The van der Waals surface area contributed by atoms with Crippen LogP contribution in [0.15, 0.2) is 24.3 Å². The van der Waals surface area contributed by atoms with Gasteiger partial charge in [-0.25, -0.2) is 0 Å². The van der Waals surface area contributed by atoms with Crippen molar-refractivity contribution in [2.75, 3.05) is 0 Å². The van der Waals surface area contributed by atoms with Crippen LogP contribution in [0.4, 0.5) is 0 Å². The van der Waals surface area contributed by atoms with Crippen LogP contribution in [0.5, 0.6) is 0 Å². The van der Waals surface area contributed by atoms with Gasteiger partial charge in [0, 0.05) is 17.0 Å². The van der Waals surface area contributed by atoms with E-state index in [1.165, 1.54) is 19.3 Å². The van der Waals surface area contributed by atoms with E-state index in [2.05, 4.69) is 5.32 Å². The number of carbonyl (C=O) groups is 1. The van der Waals surface area contributed by atoms with Gasteiger partial charge in [0.15, 0.2) is 0 Å². The van der Waals surface area contributed by atoms with E-state index in [0.717, 1.165) is 18.4 Å². The van der Waals surface area contributed by atoms with Gasteiger partial charge in [-0.15, -0.1) is 0 Å². The smallest absolute Gasteiger partial charge is 0.223 e. The number of benzene rings is 1. The van der Waals surface area contributed by atoms with Crippen LogP contribution < -0.4 is 11.1 Å². The highest BCUT2D eigenvalue weighted by molar-refractivity contribution is 6.30. The highest BCUT2D eigenvalue weighted by Crippen LogP contribution is 2.42. The lowest BCUT2D eigenvalue weighted by Crippen LogP contribution is -2.49. The molecule has 2 aliphatic rings. The quantitative estimate of drug-likeness (QED) is 0.892. The highest BCUT2D eigenvalue weighted by Gasteiger charge is 2.40. The minimum atomic E-state index is -0.0124. The molecule has 3 atom stereocenters. The average molecular weight is 321 g/mol. The normalized spacial score (nSPS) is 32.3. The van der Waals surface area contributed by atoms with E-state index in [0.29, 0.717) is 22.9 Å². The first-order valence-corrected chi connectivity index (χ1v) is 8.74. The summed E-state index contributed by atoms with van der Waals surface area (Å²) in [7, 11) is 0. The number of amides is 1. The predicted octanol–water partition coefficient (Wildman–Crippen LogP) is 3.67. The van der Waals surface area contributed by atoms with Crippen molar-refractivity contribution >= 4 is 17.5 Å². The lowest BCUT2D eigenvalue weighted by Gasteiger charge is -2.43. The number of nitrogens with one attached hydrogen (secondary N) is 1. The molecule has 3 N–H and O–H groups in total. The predicted molar refractivity (Wildman–Crippen MR) is 89.5 cm³/mol. The minimum Gasteiger partial charge on any atom is -0.349 e. The van der Waals surface area contributed by atoms with Gasteiger partial charge in [-0.2, -0.15) is 0 Å². The molecule has 3 unspecified atom stereocenters. The summed E-state index contributed by atoms with van der Waals surface area (Å²) in [6.07, 6.45) is 5.55. The fourth-order valence-electron chi connectivity index (χ4n) is 4.19. The molecule has 3 rings (SSSR count). The van der Waals surface area contributed by atoms with Crippen LogP contribution in [0.2, 0.25) is 5.02 Å². The van der Waals surface area contributed by atoms with Gasteiger partial charge in [-0.3, -0.25) is 4.79 Å². The van der Waals surface area contributed by atoms with Gasteiger partial charge < -0.3 is 11.1 Å². The second-order valence-corrected chi connectivity index (χ2v) is 7.42. The van der Waals surface area contributed by atoms with Crippen molar-refractivity contribution in [3.8, 4) is 0 Å². The first-order chi connectivity index (χ1) is 10.5. The Hall–Kier alpha value is -1.06. The molecule has 2 bridgehead atoms. The maximum atomic E-state index is 12.6. The molecule has 2 saturated carbocycles. The van der Waals surface area contributed by atoms with E-state index >= 15 is 0 Å². The second kappa shape index (κ2) is 6.59. The summed E-state index contributed by atoms with van der Waals surface area (Å²) in [5, 5.41) is 3.86. The molecule has 0 aliphatic heterocycles. The van der Waals surface area contributed by atoms with E-state index in [1.807, 2.05) is 31.2 Å². The van der Waals surface area contributed by atoms with Crippen molar-refractivity contribution in [1.29, 1.82) is 0 Å². The lowest BCUT2D eigenvalue weighted by molar-refractivity contribution is -0.128. The van der Waals surface area contributed by atoms with Crippen LogP contribution in [-0.4, -0.2) is 11.9 Å². The van der Waals surface area contributed by atoms with Crippen LogP contribution in [-0.2, 0) is 4.79 Å². The SMILES string of the molecule is CC(NC(=O)C1CC2CCCC(C1)C2N)c1cccc(Cl)c1. The Bertz CT molecular complexity index is 534. The Morgan fingerprint density at radius 1 is 1.32 bits per heavy atom. The van der Waals surface area contributed by atoms with Gasteiger partial charge in [-0.05, 0) is 62.1 Å². The highest BCUT2D eigenvalue weighted by atomic mass is 35.5. The molecule has 2 fully saturated rings. The number of hydrogen-bond donors (Lipinski definition) is 2. The van der Waals surface area contributed by atoms with Crippen molar-refractivity contribution in [3.63, 3.8) is 0 Å². The maximum absolute atomic E-state index is 12.6. The molecule has 0 heterocycles. The molecule has 1 aromatic rings. The lowest BCUT2D eigenvalue weighted by atomic mass is 9.65. The molecule has 120 valence electrons. The topological polar surface area (TPSA) is 55.1 Å². The maximum Gasteiger partial charge on any atom is 0.223 e. The van der Waals surface area contributed by atoms with E-state index < -0.39 is 0 Å². The molecule has 1 aromatic carbocycles. The van der Waals surface area contributed by atoms with Crippen molar-refractivity contribution in [1.82, 2.24) is 5.32 Å². The van der Waals surface area contributed by atoms with E-state index in [-0.39, 0.29) is 17.9 Å². The van der Waals surface area contributed by atoms with Gasteiger partial charge >= 0.3 is 0 Å². The van der Waals surface area contributed by atoms with Crippen molar-refractivity contribution < 1.29 is 4.79 Å². The molecule has 0 aromatic heterocycles.